The molecular formula is C16H26N2. The maximum absolute atomic E-state index is 2.56. The summed E-state index contributed by atoms with van der Waals surface area (Å²) in [6, 6.07) is 11.6. The van der Waals surface area contributed by atoms with Crippen molar-refractivity contribution in [2.45, 2.75) is 32.2 Å². The third kappa shape index (κ3) is 3.82. The molecule has 0 aliphatic carbocycles. The second kappa shape index (κ2) is 6.91. The average Bonchev–Trinajstić information content (AvgIpc) is 2.46. The lowest BCUT2D eigenvalue weighted by Crippen LogP contribution is -2.43. The van der Waals surface area contributed by atoms with Gasteiger partial charge in [-0.3, -0.25) is 0 Å². The van der Waals surface area contributed by atoms with Crippen LogP contribution < -0.4 is 0 Å². The van der Waals surface area contributed by atoms with Crippen LogP contribution in [0.5, 0.6) is 0 Å². The quantitative estimate of drug-likeness (QED) is 0.788. The number of piperidine rings is 1. The summed E-state index contributed by atoms with van der Waals surface area (Å²) in [5.74, 6) is 0. The van der Waals surface area contributed by atoms with Gasteiger partial charge in [-0.25, -0.2) is 0 Å². The summed E-state index contributed by atoms with van der Waals surface area (Å²) >= 11 is 0. The summed E-state index contributed by atoms with van der Waals surface area (Å²) in [6.45, 7) is 7.20. The molecule has 1 heterocycles. The number of nitrogens with zero attached hydrogens (tertiary/aromatic N) is 2. The molecule has 0 unspecified atom stereocenters. The maximum Gasteiger partial charge on any atom is 0.0117 e. The van der Waals surface area contributed by atoms with Crippen LogP contribution in [0.2, 0.25) is 0 Å². The van der Waals surface area contributed by atoms with Crippen molar-refractivity contribution in [1.82, 2.24) is 9.80 Å². The topological polar surface area (TPSA) is 6.48 Å². The van der Waals surface area contributed by atoms with Gasteiger partial charge in [0.15, 0.2) is 0 Å². The number of benzene rings is 1. The van der Waals surface area contributed by atoms with Crippen molar-refractivity contribution in [3.05, 3.63) is 35.9 Å². The second-order valence-corrected chi connectivity index (χ2v) is 5.38. The summed E-state index contributed by atoms with van der Waals surface area (Å²) in [5, 5.41) is 0. The highest BCUT2D eigenvalue weighted by Gasteiger charge is 2.20. The molecule has 2 rings (SSSR count). The normalized spacial score (nSPS) is 18.4. The molecule has 0 atom stereocenters. The monoisotopic (exact) mass is 246 g/mol. The van der Waals surface area contributed by atoms with Crippen LogP contribution in [0.15, 0.2) is 30.3 Å². The van der Waals surface area contributed by atoms with Crippen molar-refractivity contribution in [1.29, 1.82) is 0 Å². The standard InChI is InChI=1S/C16H26N2/c1-3-18-13-10-16(11-14-18)17(2)12-9-15-7-5-4-6-8-15/h4-8,16H,3,9-14H2,1-2H3. The van der Waals surface area contributed by atoms with Crippen molar-refractivity contribution in [3.8, 4) is 0 Å². The van der Waals surface area contributed by atoms with Gasteiger partial charge in [0, 0.05) is 12.6 Å². The number of likely N-dealkylation sites (tertiary alicyclic amines) is 1. The molecule has 0 aromatic heterocycles. The molecule has 0 radical (unpaired) electrons. The van der Waals surface area contributed by atoms with Gasteiger partial charge in [-0.2, -0.15) is 0 Å². The van der Waals surface area contributed by atoms with Crippen LogP contribution in [-0.4, -0.2) is 49.1 Å². The molecule has 1 saturated heterocycles. The molecule has 1 aliphatic heterocycles. The Morgan fingerprint density at radius 1 is 1.17 bits per heavy atom. The third-order valence-electron chi connectivity index (χ3n) is 4.22. The van der Waals surface area contributed by atoms with E-state index in [1.807, 2.05) is 0 Å². The van der Waals surface area contributed by atoms with Gasteiger partial charge in [-0.05, 0) is 51.5 Å². The van der Waals surface area contributed by atoms with Gasteiger partial charge >= 0.3 is 0 Å². The largest absolute Gasteiger partial charge is 0.303 e. The highest BCUT2D eigenvalue weighted by molar-refractivity contribution is 5.14. The fourth-order valence-electron chi connectivity index (χ4n) is 2.81. The average molecular weight is 246 g/mol. The Hall–Kier alpha value is -0.860. The Balaban J connectivity index is 1.73. The molecule has 2 heteroatoms. The van der Waals surface area contributed by atoms with Gasteiger partial charge < -0.3 is 9.80 Å². The van der Waals surface area contributed by atoms with E-state index in [-0.39, 0.29) is 0 Å². The molecule has 1 aromatic rings. The number of rotatable bonds is 5. The zero-order valence-corrected chi connectivity index (χ0v) is 11.8. The number of hydrogen-bond acceptors (Lipinski definition) is 2. The van der Waals surface area contributed by atoms with E-state index >= 15 is 0 Å². The molecule has 0 amide bonds. The highest BCUT2D eigenvalue weighted by Crippen LogP contribution is 2.15. The fraction of sp³-hybridized carbons (Fsp3) is 0.625. The van der Waals surface area contributed by atoms with E-state index in [1.54, 1.807) is 0 Å². The van der Waals surface area contributed by atoms with E-state index in [1.165, 1.54) is 51.0 Å². The van der Waals surface area contributed by atoms with Crippen LogP contribution in [-0.2, 0) is 6.42 Å². The van der Waals surface area contributed by atoms with Crippen molar-refractivity contribution >= 4 is 0 Å². The predicted octanol–water partition coefficient (Wildman–Crippen LogP) is 2.65. The Morgan fingerprint density at radius 2 is 1.83 bits per heavy atom. The minimum Gasteiger partial charge on any atom is -0.303 e. The molecule has 1 aliphatic rings. The minimum absolute atomic E-state index is 0.788. The van der Waals surface area contributed by atoms with Crippen molar-refractivity contribution in [3.63, 3.8) is 0 Å². The Morgan fingerprint density at radius 3 is 2.44 bits per heavy atom. The fourth-order valence-corrected chi connectivity index (χ4v) is 2.81. The van der Waals surface area contributed by atoms with Gasteiger partial charge in [0.2, 0.25) is 0 Å². The van der Waals surface area contributed by atoms with Gasteiger partial charge in [-0.1, -0.05) is 37.3 Å². The SMILES string of the molecule is CCN1CCC(N(C)CCc2ccccc2)CC1. The molecule has 18 heavy (non-hydrogen) atoms. The molecule has 0 bridgehead atoms. The molecular weight excluding hydrogens is 220 g/mol. The predicted molar refractivity (Wildman–Crippen MR) is 77.9 cm³/mol. The Labute approximate surface area is 112 Å². The molecule has 100 valence electrons. The van der Waals surface area contributed by atoms with E-state index in [2.05, 4.69) is 54.1 Å². The van der Waals surface area contributed by atoms with Crippen LogP contribution in [0.3, 0.4) is 0 Å². The van der Waals surface area contributed by atoms with Crippen LogP contribution >= 0.6 is 0 Å². The van der Waals surface area contributed by atoms with Gasteiger partial charge in [0.05, 0.1) is 0 Å². The van der Waals surface area contributed by atoms with Crippen molar-refractivity contribution in [2.75, 3.05) is 33.2 Å². The van der Waals surface area contributed by atoms with Gasteiger partial charge in [0.1, 0.15) is 0 Å². The zero-order valence-electron chi connectivity index (χ0n) is 11.8. The van der Waals surface area contributed by atoms with Crippen LogP contribution in [0.25, 0.3) is 0 Å². The summed E-state index contributed by atoms with van der Waals surface area (Å²) < 4.78 is 0. The molecule has 1 fully saturated rings. The van der Waals surface area contributed by atoms with E-state index in [4.69, 9.17) is 0 Å². The van der Waals surface area contributed by atoms with E-state index in [9.17, 15) is 0 Å². The Kier molecular flexibility index (Phi) is 5.21. The summed E-state index contributed by atoms with van der Waals surface area (Å²) in [7, 11) is 2.29. The van der Waals surface area contributed by atoms with E-state index < -0.39 is 0 Å². The molecule has 2 nitrogen and oxygen atoms in total. The summed E-state index contributed by atoms with van der Waals surface area (Å²) in [6.07, 6.45) is 3.84. The summed E-state index contributed by atoms with van der Waals surface area (Å²) in [4.78, 5) is 5.11. The lowest BCUT2D eigenvalue weighted by Gasteiger charge is -2.36. The van der Waals surface area contributed by atoms with Gasteiger partial charge in [0.25, 0.3) is 0 Å². The zero-order chi connectivity index (χ0) is 12.8. The highest BCUT2D eigenvalue weighted by atomic mass is 15.2. The number of likely N-dealkylation sites (N-methyl/N-ethyl adjacent to an activating group) is 1. The molecule has 0 saturated carbocycles. The van der Waals surface area contributed by atoms with Crippen molar-refractivity contribution in [2.24, 2.45) is 0 Å². The van der Waals surface area contributed by atoms with Gasteiger partial charge in [-0.15, -0.1) is 0 Å². The number of hydrogen-bond donors (Lipinski definition) is 0. The molecule has 1 aromatic carbocycles. The Bertz CT molecular complexity index is 328. The van der Waals surface area contributed by atoms with E-state index in [0.717, 1.165) is 6.04 Å². The lowest BCUT2D eigenvalue weighted by atomic mass is 10.0. The first kappa shape index (κ1) is 13.6. The first-order valence-corrected chi connectivity index (χ1v) is 7.26. The summed E-state index contributed by atoms with van der Waals surface area (Å²) in [5.41, 5.74) is 1.45. The molecule has 0 spiro atoms. The van der Waals surface area contributed by atoms with Crippen LogP contribution in [0, 0.1) is 0 Å². The third-order valence-corrected chi connectivity index (χ3v) is 4.22. The first-order valence-electron chi connectivity index (χ1n) is 7.26. The minimum atomic E-state index is 0.788. The van der Waals surface area contributed by atoms with Crippen molar-refractivity contribution < 1.29 is 0 Å². The maximum atomic E-state index is 2.56. The second-order valence-electron chi connectivity index (χ2n) is 5.38. The van der Waals surface area contributed by atoms with E-state index in [0.29, 0.717) is 0 Å². The lowest BCUT2D eigenvalue weighted by molar-refractivity contribution is 0.132. The first-order chi connectivity index (χ1) is 8.79. The van der Waals surface area contributed by atoms with Crippen LogP contribution in [0.4, 0.5) is 0 Å². The molecule has 0 N–H and O–H groups in total. The van der Waals surface area contributed by atoms with Crippen LogP contribution in [0.1, 0.15) is 25.3 Å². The smallest absolute Gasteiger partial charge is 0.0117 e.